The molecule has 0 spiro atoms. The molecule has 0 bridgehead atoms. The number of carboxylic acids is 1. The van der Waals surface area contributed by atoms with Crippen molar-refractivity contribution in [3.05, 3.63) is 24.8 Å². The number of unbranched alkanes of at least 4 members (excludes halogenated alkanes) is 1. The molecule has 0 saturated heterocycles. The summed E-state index contributed by atoms with van der Waals surface area (Å²) in [4.78, 5) is 11.2. The van der Waals surface area contributed by atoms with Crippen molar-refractivity contribution in [2.24, 2.45) is 5.92 Å². The topological polar surface area (TPSA) is 63.3 Å². The first-order chi connectivity index (χ1) is 8.45. The SMILES string of the molecule is CCCCC(Cc1cc(I)c(N)c(I)c1)C(=O)O. The fraction of sp³-hybridized carbons (Fsp3) is 0.462. The Hall–Kier alpha value is -0.0500. The van der Waals surface area contributed by atoms with E-state index in [0.29, 0.717) is 6.42 Å². The second kappa shape index (κ2) is 7.52. The minimum absolute atomic E-state index is 0.292. The summed E-state index contributed by atoms with van der Waals surface area (Å²) in [5, 5.41) is 9.23. The van der Waals surface area contributed by atoms with E-state index < -0.39 is 5.97 Å². The van der Waals surface area contributed by atoms with Gasteiger partial charge in [0.25, 0.3) is 0 Å². The van der Waals surface area contributed by atoms with Crippen molar-refractivity contribution >= 4 is 56.8 Å². The number of aliphatic carboxylic acids is 1. The number of nitrogens with two attached hydrogens (primary N) is 1. The standard InChI is InChI=1S/C13H17I2NO2/c1-2-3-4-9(13(17)18)5-8-6-10(14)12(16)11(15)7-8/h6-7,9H,2-5,16H2,1H3,(H,17,18). The Morgan fingerprint density at radius 2 is 1.94 bits per heavy atom. The van der Waals surface area contributed by atoms with Crippen LogP contribution in [0.2, 0.25) is 0 Å². The Bertz CT molecular complexity index is 412. The molecule has 0 fully saturated rings. The monoisotopic (exact) mass is 473 g/mol. The number of carbonyl (C=O) groups is 1. The number of hydrogen-bond acceptors (Lipinski definition) is 2. The summed E-state index contributed by atoms with van der Waals surface area (Å²) in [6, 6.07) is 3.97. The van der Waals surface area contributed by atoms with E-state index in [1.165, 1.54) is 0 Å². The van der Waals surface area contributed by atoms with Gasteiger partial charge in [0.05, 0.1) is 11.6 Å². The van der Waals surface area contributed by atoms with Crippen LogP contribution in [-0.4, -0.2) is 11.1 Å². The maximum Gasteiger partial charge on any atom is 0.306 e. The molecule has 5 heteroatoms. The lowest BCUT2D eigenvalue weighted by Gasteiger charge is -2.13. The second-order valence-electron chi connectivity index (χ2n) is 4.35. The Morgan fingerprint density at radius 3 is 2.39 bits per heavy atom. The van der Waals surface area contributed by atoms with Gasteiger partial charge in [-0.1, -0.05) is 19.8 Å². The highest BCUT2D eigenvalue weighted by molar-refractivity contribution is 14.1. The molecule has 1 unspecified atom stereocenters. The van der Waals surface area contributed by atoms with E-state index in [-0.39, 0.29) is 5.92 Å². The molecule has 1 aromatic carbocycles. The molecule has 0 heterocycles. The number of carboxylic acid groups (broad SMARTS) is 1. The van der Waals surface area contributed by atoms with Gasteiger partial charge >= 0.3 is 5.97 Å². The van der Waals surface area contributed by atoms with Crippen molar-refractivity contribution < 1.29 is 9.90 Å². The maximum absolute atomic E-state index is 11.2. The molecule has 0 amide bonds. The third-order valence-corrected chi connectivity index (χ3v) is 4.66. The van der Waals surface area contributed by atoms with Gasteiger partial charge in [-0.3, -0.25) is 4.79 Å². The van der Waals surface area contributed by atoms with E-state index in [2.05, 4.69) is 52.1 Å². The number of benzene rings is 1. The number of hydrogen-bond donors (Lipinski definition) is 2. The van der Waals surface area contributed by atoms with Gasteiger partial charge in [0.2, 0.25) is 0 Å². The maximum atomic E-state index is 11.2. The highest BCUT2D eigenvalue weighted by Gasteiger charge is 2.18. The second-order valence-corrected chi connectivity index (χ2v) is 6.68. The Morgan fingerprint density at radius 1 is 1.39 bits per heavy atom. The third kappa shape index (κ3) is 4.56. The minimum Gasteiger partial charge on any atom is -0.481 e. The van der Waals surface area contributed by atoms with Crippen LogP contribution in [0.5, 0.6) is 0 Å². The van der Waals surface area contributed by atoms with E-state index in [4.69, 9.17) is 5.73 Å². The lowest BCUT2D eigenvalue weighted by atomic mass is 9.94. The predicted molar refractivity (Wildman–Crippen MR) is 90.6 cm³/mol. The number of anilines is 1. The molecule has 3 nitrogen and oxygen atoms in total. The molecule has 3 N–H and O–H groups in total. The van der Waals surface area contributed by atoms with Crippen LogP contribution in [0.4, 0.5) is 5.69 Å². The van der Waals surface area contributed by atoms with E-state index in [0.717, 1.165) is 37.7 Å². The average Bonchev–Trinajstić information content (AvgIpc) is 2.30. The summed E-state index contributed by atoms with van der Waals surface area (Å²) in [7, 11) is 0. The van der Waals surface area contributed by atoms with Crippen LogP contribution < -0.4 is 5.73 Å². The van der Waals surface area contributed by atoms with Crippen molar-refractivity contribution in [3.8, 4) is 0 Å². The van der Waals surface area contributed by atoms with E-state index in [9.17, 15) is 9.90 Å². The number of rotatable bonds is 6. The zero-order chi connectivity index (χ0) is 13.7. The van der Waals surface area contributed by atoms with Crippen molar-refractivity contribution in [1.29, 1.82) is 0 Å². The molecule has 1 atom stereocenters. The zero-order valence-corrected chi connectivity index (χ0v) is 14.6. The first-order valence-electron chi connectivity index (χ1n) is 5.91. The van der Waals surface area contributed by atoms with Crippen LogP contribution >= 0.6 is 45.2 Å². The van der Waals surface area contributed by atoms with Crippen molar-refractivity contribution in [1.82, 2.24) is 0 Å². The summed E-state index contributed by atoms with van der Waals surface area (Å²) in [5.74, 6) is -0.995. The van der Waals surface area contributed by atoms with Gasteiger partial charge in [0.1, 0.15) is 0 Å². The minimum atomic E-state index is -0.703. The summed E-state index contributed by atoms with van der Waals surface area (Å²) >= 11 is 4.38. The summed E-state index contributed by atoms with van der Waals surface area (Å²) in [6.07, 6.45) is 3.31. The van der Waals surface area contributed by atoms with Gasteiger partial charge in [-0.15, -0.1) is 0 Å². The lowest BCUT2D eigenvalue weighted by molar-refractivity contribution is -0.141. The van der Waals surface area contributed by atoms with Gasteiger partial charge in [-0.2, -0.15) is 0 Å². The van der Waals surface area contributed by atoms with Crippen molar-refractivity contribution in [2.45, 2.75) is 32.6 Å². The molecule has 0 aliphatic rings. The molecule has 0 aliphatic carbocycles. The molecule has 0 radical (unpaired) electrons. The van der Waals surface area contributed by atoms with Crippen molar-refractivity contribution in [2.75, 3.05) is 5.73 Å². The normalized spacial score (nSPS) is 12.4. The number of halogens is 2. The quantitative estimate of drug-likeness (QED) is 0.487. The molecule has 1 rings (SSSR count). The van der Waals surface area contributed by atoms with Gasteiger partial charge in [-0.25, -0.2) is 0 Å². The first-order valence-corrected chi connectivity index (χ1v) is 8.07. The van der Waals surface area contributed by atoms with E-state index in [1.807, 2.05) is 12.1 Å². The first kappa shape index (κ1) is 16.0. The molecular formula is C13H17I2NO2. The predicted octanol–water partition coefficient (Wildman–Crippen LogP) is 3.91. The fourth-order valence-corrected chi connectivity index (χ4v) is 3.70. The van der Waals surface area contributed by atoms with Gasteiger partial charge in [-0.05, 0) is 75.7 Å². The summed E-state index contributed by atoms with van der Waals surface area (Å²) < 4.78 is 1.99. The van der Waals surface area contributed by atoms with E-state index in [1.54, 1.807) is 0 Å². The Labute approximate surface area is 135 Å². The largest absolute Gasteiger partial charge is 0.481 e. The molecule has 0 aromatic heterocycles. The van der Waals surface area contributed by atoms with Gasteiger partial charge < -0.3 is 10.8 Å². The van der Waals surface area contributed by atoms with Crippen LogP contribution in [0.1, 0.15) is 31.7 Å². The van der Waals surface area contributed by atoms with Gasteiger partial charge in [0.15, 0.2) is 0 Å². The van der Waals surface area contributed by atoms with Gasteiger partial charge in [0, 0.05) is 7.14 Å². The average molecular weight is 473 g/mol. The lowest BCUT2D eigenvalue weighted by Crippen LogP contribution is -2.16. The van der Waals surface area contributed by atoms with Crippen LogP contribution in [-0.2, 0) is 11.2 Å². The highest BCUT2D eigenvalue weighted by atomic mass is 127. The van der Waals surface area contributed by atoms with E-state index >= 15 is 0 Å². The Kier molecular flexibility index (Phi) is 6.68. The highest BCUT2D eigenvalue weighted by Crippen LogP contribution is 2.26. The smallest absolute Gasteiger partial charge is 0.306 e. The van der Waals surface area contributed by atoms with Crippen LogP contribution in [0.25, 0.3) is 0 Å². The fourth-order valence-electron chi connectivity index (χ4n) is 1.80. The molecule has 100 valence electrons. The Balaban J connectivity index is 2.84. The molecular weight excluding hydrogens is 456 g/mol. The van der Waals surface area contributed by atoms with Crippen LogP contribution in [0.15, 0.2) is 12.1 Å². The number of nitrogen functional groups attached to an aromatic ring is 1. The third-order valence-electron chi connectivity index (χ3n) is 2.88. The zero-order valence-electron chi connectivity index (χ0n) is 10.2. The molecule has 0 saturated carbocycles. The summed E-state index contributed by atoms with van der Waals surface area (Å²) in [6.45, 7) is 2.08. The van der Waals surface area contributed by atoms with Crippen molar-refractivity contribution in [3.63, 3.8) is 0 Å². The molecule has 18 heavy (non-hydrogen) atoms. The summed E-state index contributed by atoms with van der Waals surface area (Å²) in [5.41, 5.74) is 7.73. The van der Waals surface area contributed by atoms with Crippen LogP contribution in [0.3, 0.4) is 0 Å². The molecule has 1 aromatic rings. The van der Waals surface area contributed by atoms with Crippen LogP contribution in [0, 0.1) is 13.1 Å². The molecule has 0 aliphatic heterocycles.